The Morgan fingerprint density at radius 3 is 2.75 bits per heavy atom. The van der Waals surface area contributed by atoms with E-state index >= 15 is 0 Å². The highest BCUT2D eigenvalue weighted by molar-refractivity contribution is 7.18. The summed E-state index contributed by atoms with van der Waals surface area (Å²) in [6.07, 6.45) is 4.23. The van der Waals surface area contributed by atoms with Crippen molar-refractivity contribution in [2.45, 2.75) is 31.6 Å². The van der Waals surface area contributed by atoms with Gasteiger partial charge in [-0.15, -0.1) is 11.3 Å². The maximum Gasteiger partial charge on any atom is 0.223 e. The number of aryl methyl sites for hydroxylation is 1. The number of carbonyl (C=O) groups is 1. The molecule has 0 bridgehead atoms. The van der Waals surface area contributed by atoms with E-state index in [1.54, 1.807) is 29.7 Å². The molecule has 0 saturated carbocycles. The summed E-state index contributed by atoms with van der Waals surface area (Å²) in [5, 5.41) is 1.83. The van der Waals surface area contributed by atoms with Crippen LogP contribution in [0.3, 0.4) is 0 Å². The topological polar surface area (TPSA) is 59.2 Å². The van der Waals surface area contributed by atoms with Crippen LogP contribution in [0.1, 0.15) is 36.1 Å². The van der Waals surface area contributed by atoms with Crippen LogP contribution in [-0.2, 0) is 11.2 Å². The molecule has 2 aromatic heterocycles. The molecule has 1 saturated heterocycles. The van der Waals surface area contributed by atoms with Gasteiger partial charge < -0.3 is 9.32 Å². The fourth-order valence-corrected chi connectivity index (χ4v) is 5.30. The van der Waals surface area contributed by atoms with Crippen molar-refractivity contribution < 1.29 is 13.6 Å². The average molecular weight is 470 g/mol. The SMILES string of the molecule is O=C(CCc1ncc(-c2ccc(F)cc2)o1)N1CCC(c2nc3cc(Cl)ccc3s2)CC1. The molecule has 8 heteroatoms. The molecular formula is C24H21ClFN3O2S. The molecule has 0 aliphatic carbocycles. The third-order valence-electron chi connectivity index (χ3n) is 5.80. The van der Waals surface area contributed by atoms with Gasteiger partial charge in [0.25, 0.3) is 0 Å². The molecule has 0 atom stereocenters. The van der Waals surface area contributed by atoms with Crippen LogP contribution in [0.5, 0.6) is 0 Å². The Balaban J connectivity index is 1.14. The summed E-state index contributed by atoms with van der Waals surface area (Å²) in [6.45, 7) is 1.46. The van der Waals surface area contributed by atoms with E-state index in [0.29, 0.717) is 35.4 Å². The van der Waals surface area contributed by atoms with Crippen molar-refractivity contribution in [2.75, 3.05) is 13.1 Å². The molecule has 1 aliphatic heterocycles. The highest BCUT2D eigenvalue weighted by atomic mass is 35.5. The van der Waals surface area contributed by atoms with Crippen LogP contribution in [0.15, 0.2) is 53.1 Å². The zero-order valence-corrected chi connectivity index (χ0v) is 18.8. The number of amides is 1. The van der Waals surface area contributed by atoms with Gasteiger partial charge in [0.1, 0.15) is 5.82 Å². The normalized spacial score (nSPS) is 14.9. The molecule has 5 nitrogen and oxygen atoms in total. The van der Waals surface area contributed by atoms with E-state index in [0.717, 1.165) is 46.7 Å². The lowest BCUT2D eigenvalue weighted by atomic mass is 9.97. The van der Waals surface area contributed by atoms with Crippen molar-refractivity contribution in [3.8, 4) is 11.3 Å². The van der Waals surface area contributed by atoms with Crippen LogP contribution in [-0.4, -0.2) is 33.9 Å². The quantitative estimate of drug-likeness (QED) is 0.355. The minimum absolute atomic E-state index is 0.112. The van der Waals surface area contributed by atoms with E-state index in [-0.39, 0.29) is 11.7 Å². The van der Waals surface area contributed by atoms with E-state index in [9.17, 15) is 9.18 Å². The number of thiazole rings is 1. The third kappa shape index (κ3) is 4.54. The minimum Gasteiger partial charge on any atom is -0.441 e. The minimum atomic E-state index is -0.296. The van der Waals surface area contributed by atoms with Crippen LogP contribution in [0, 0.1) is 5.82 Å². The molecule has 2 aromatic carbocycles. The number of piperidine rings is 1. The van der Waals surface area contributed by atoms with Gasteiger partial charge in [0.2, 0.25) is 5.91 Å². The van der Waals surface area contributed by atoms with Crippen LogP contribution >= 0.6 is 22.9 Å². The lowest BCUT2D eigenvalue weighted by molar-refractivity contribution is -0.132. The standard InChI is InChI=1S/C24H21ClFN3O2S/c25-17-3-6-21-19(13-17)28-24(32-21)16-9-11-29(12-10-16)23(30)8-7-22-27-14-20(31-22)15-1-4-18(26)5-2-15/h1-6,13-14,16H,7-12H2. The van der Waals surface area contributed by atoms with Crippen molar-refractivity contribution in [3.63, 3.8) is 0 Å². The Morgan fingerprint density at radius 1 is 1.19 bits per heavy atom. The number of rotatable bonds is 5. The lowest BCUT2D eigenvalue weighted by Crippen LogP contribution is -2.38. The molecule has 0 radical (unpaired) electrons. The summed E-state index contributed by atoms with van der Waals surface area (Å²) in [5.74, 6) is 1.28. The highest BCUT2D eigenvalue weighted by Gasteiger charge is 2.26. The Hall–Kier alpha value is -2.77. The summed E-state index contributed by atoms with van der Waals surface area (Å²) in [6, 6.07) is 11.9. The van der Waals surface area contributed by atoms with Gasteiger partial charge in [0, 0.05) is 42.4 Å². The molecule has 0 spiro atoms. The number of likely N-dealkylation sites (tertiary alicyclic amines) is 1. The van der Waals surface area contributed by atoms with Crippen LogP contribution in [0.4, 0.5) is 4.39 Å². The molecule has 0 unspecified atom stereocenters. The molecule has 0 N–H and O–H groups in total. The van der Waals surface area contributed by atoms with E-state index in [1.165, 1.54) is 12.1 Å². The summed E-state index contributed by atoms with van der Waals surface area (Å²) in [7, 11) is 0. The van der Waals surface area contributed by atoms with Gasteiger partial charge in [-0.1, -0.05) is 11.6 Å². The summed E-state index contributed by atoms with van der Waals surface area (Å²) >= 11 is 7.79. The van der Waals surface area contributed by atoms with E-state index in [2.05, 4.69) is 4.98 Å². The van der Waals surface area contributed by atoms with Crippen molar-refractivity contribution >= 4 is 39.1 Å². The number of hydrogen-bond acceptors (Lipinski definition) is 5. The number of oxazole rings is 1. The molecule has 1 aliphatic rings. The smallest absolute Gasteiger partial charge is 0.223 e. The van der Waals surface area contributed by atoms with Gasteiger partial charge in [0.15, 0.2) is 11.7 Å². The fourth-order valence-electron chi connectivity index (χ4n) is 4.01. The Kier molecular flexibility index (Phi) is 5.93. The molecule has 1 amide bonds. The summed E-state index contributed by atoms with van der Waals surface area (Å²) in [5.41, 5.74) is 1.71. The second-order valence-corrected chi connectivity index (χ2v) is 9.44. The molecule has 4 aromatic rings. The first kappa shape index (κ1) is 21.1. The van der Waals surface area contributed by atoms with Gasteiger partial charge >= 0.3 is 0 Å². The number of fused-ring (bicyclic) bond motifs is 1. The predicted octanol–water partition coefficient (Wildman–Crippen LogP) is 6.08. The highest BCUT2D eigenvalue weighted by Crippen LogP contribution is 2.35. The lowest BCUT2D eigenvalue weighted by Gasteiger charge is -2.31. The Labute approximate surface area is 193 Å². The monoisotopic (exact) mass is 469 g/mol. The van der Waals surface area contributed by atoms with E-state index in [1.807, 2.05) is 23.1 Å². The molecule has 5 rings (SSSR count). The number of carbonyl (C=O) groups excluding carboxylic acids is 1. The Morgan fingerprint density at radius 2 is 1.97 bits per heavy atom. The van der Waals surface area contributed by atoms with Crippen molar-refractivity contribution in [2.24, 2.45) is 0 Å². The molecule has 32 heavy (non-hydrogen) atoms. The van der Waals surface area contributed by atoms with Crippen LogP contribution in [0.2, 0.25) is 5.02 Å². The number of hydrogen-bond donors (Lipinski definition) is 0. The number of benzene rings is 2. The maximum atomic E-state index is 13.1. The van der Waals surface area contributed by atoms with Crippen molar-refractivity contribution in [1.82, 2.24) is 14.9 Å². The maximum absolute atomic E-state index is 13.1. The Bertz CT molecular complexity index is 1250. The first-order chi connectivity index (χ1) is 15.5. The first-order valence-electron chi connectivity index (χ1n) is 10.6. The zero-order valence-electron chi connectivity index (χ0n) is 17.3. The largest absolute Gasteiger partial charge is 0.441 e. The third-order valence-corrected chi connectivity index (χ3v) is 7.23. The second kappa shape index (κ2) is 9.00. The number of nitrogens with zero attached hydrogens (tertiary/aromatic N) is 3. The molecule has 1 fully saturated rings. The molecule has 3 heterocycles. The van der Waals surface area contributed by atoms with Crippen LogP contribution in [0.25, 0.3) is 21.5 Å². The second-order valence-electron chi connectivity index (χ2n) is 7.94. The van der Waals surface area contributed by atoms with Gasteiger partial charge in [-0.05, 0) is 55.3 Å². The number of aromatic nitrogens is 2. The van der Waals surface area contributed by atoms with Gasteiger partial charge in [-0.3, -0.25) is 4.79 Å². The summed E-state index contributed by atoms with van der Waals surface area (Å²) in [4.78, 5) is 23.6. The molecular weight excluding hydrogens is 449 g/mol. The van der Waals surface area contributed by atoms with Crippen LogP contribution < -0.4 is 0 Å². The van der Waals surface area contributed by atoms with E-state index < -0.39 is 0 Å². The first-order valence-corrected chi connectivity index (χ1v) is 11.8. The van der Waals surface area contributed by atoms with Gasteiger partial charge in [0.05, 0.1) is 21.4 Å². The van der Waals surface area contributed by atoms with E-state index in [4.69, 9.17) is 21.0 Å². The van der Waals surface area contributed by atoms with Crippen molar-refractivity contribution in [1.29, 1.82) is 0 Å². The van der Waals surface area contributed by atoms with Gasteiger partial charge in [-0.2, -0.15) is 0 Å². The average Bonchev–Trinajstić information content (AvgIpc) is 3.45. The summed E-state index contributed by atoms with van der Waals surface area (Å²) < 4.78 is 20.0. The fraction of sp³-hybridized carbons (Fsp3) is 0.292. The predicted molar refractivity (Wildman–Crippen MR) is 123 cm³/mol. The molecule has 164 valence electrons. The van der Waals surface area contributed by atoms with Crippen molar-refractivity contribution in [3.05, 3.63) is 70.4 Å². The zero-order chi connectivity index (χ0) is 22.1. The van der Waals surface area contributed by atoms with Gasteiger partial charge in [-0.25, -0.2) is 14.4 Å². The number of halogens is 2.